The van der Waals surface area contributed by atoms with Crippen LogP contribution in [-0.2, 0) is 16.4 Å². The van der Waals surface area contributed by atoms with Crippen LogP contribution in [0, 0.1) is 0 Å². The van der Waals surface area contributed by atoms with Gasteiger partial charge in [-0.05, 0) is 23.8 Å². The minimum atomic E-state index is -2.98. The van der Waals surface area contributed by atoms with Crippen LogP contribution in [0.3, 0.4) is 0 Å². The first-order valence-corrected chi connectivity index (χ1v) is 10.8. The summed E-state index contributed by atoms with van der Waals surface area (Å²) in [4.78, 5) is 4.64. The lowest BCUT2D eigenvalue weighted by molar-refractivity contribution is 0.603. The highest BCUT2D eigenvalue weighted by Crippen LogP contribution is 2.27. The molecule has 0 unspecified atom stereocenters. The van der Waals surface area contributed by atoms with Gasteiger partial charge in [0.2, 0.25) is 0 Å². The molecule has 0 saturated heterocycles. The quantitative estimate of drug-likeness (QED) is 0.609. The number of nitrogens with zero attached hydrogens (tertiary/aromatic N) is 2. The largest absolute Gasteiger partial charge is 0.314 e. The average molecular weight is 381 g/mol. The number of aromatic nitrogens is 2. The van der Waals surface area contributed by atoms with Crippen molar-refractivity contribution >= 4 is 44.2 Å². The second kappa shape index (κ2) is 7.17. The molecule has 0 aliphatic carbocycles. The smallest absolute Gasteiger partial charge is 0.169 e. The summed E-state index contributed by atoms with van der Waals surface area (Å²) in [5, 5.41) is 1.44. The molecule has 24 heavy (non-hydrogen) atoms. The Bertz CT molecular complexity index is 953. The fourth-order valence-electron chi connectivity index (χ4n) is 2.39. The Balaban J connectivity index is 1.95. The molecule has 3 aromatic rings. The molecule has 0 amide bonds. The fourth-order valence-corrected chi connectivity index (χ4v) is 4.77. The summed E-state index contributed by atoms with van der Waals surface area (Å²) in [6.45, 7) is 0.681. The van der Waals surface area contributed by atoms with Gasteiger partial charge in [0.25, 0.3) is 0 Å². The highest BCUT2D eigenvalue weighted by Gasteiger charge is 2.13. The van der Waals surface area contributed by atoms with Crippen LogP contribution in [0.2, 0.25) is 5.02 Å². The van der Waals surface area contributed by atoms with Gasteiger partial charge in [0.05, 0.1) is 23.3 Å². The second-order valence-electron chi connectivity index (χ2n) is 5.58. The number of rotatable bonds is 6. The van der Waals surface area contributed by atoms with E-state index in [4.69, 9.17) is 11.6 Å². The van der Waals surface area contributed by atoms with Gasteiger partial charge in [0, 0.05) is 17.0 Å². The minimum Gasteiger partial charge on any atom is -0.314 e. The van der Waals surface area contributed by atoms with Crippen molar-refractivity contribution in [3.8, 4) is 0 Å². The Morgan fingerprint density at radius 2 is 1.92 bits per heavy atom. The van der Waals surface area contributed by atoms with Crippen molar-refractivity contribution < 1.29 is 8.42 Å². The third-order valence-electron chi connectivity index (χ3n) is 3.54. The van der Waals surface area contributed by atoms with Crippen LogP contribution < -0.4 is 0 Å². The number of thioether (sulfide) groups is 1. The molecule has 126 valence electrons. The molecule has 0 aliphatic rings. The first kappa shape index (κ1) is 17.3. The van der Waals surface area contributed by atoms with Gasteiger partial charge in [0.1, 0.15) is 9.84 Å². The summed E-state index contributed by atoms with van der Waals surface area (Å²) >= 11 is 7.52. The van der Waals surface area contributed by atoms with Gasteiger partial charge in [0.15, 0.2) is 5.16 Å². The Morgan fingerprint density at radius 3 is 2.62 bits per heavy atom. The molecule has 1 aromatic heterocycles. The fraction of sp³-hybridized carbons (Fsp3) is 0.235. The molecule has 3 rings (SSSR count). The molecule has 0 atom stereocenters. The monoisotopic (exact) mass is 380 g/mol. The van der Waals surface area contributed by atoms with E-state index in [0.29, 0.717) is 17.3 Å². The van der Waals surface area contributed by atoms with E-state index in [9.17, 15) is 8.42 Å². The molecule has 0 saturated carbocycles. The van der Waals surface area contributed by atoms with Crippen molar-refractivity contribution in [2.24, 2.45) is 0 Å². The number of hydrogen-bond donors (Lipinski definition) is 0. The van der Waals surface area contributed by atoms with E-state index in [1.165, 1.54) is 18.0 Å². The lowest BCUT2D eigenvalue weighted by Crippen LogP contribution is -2.07. The first-order valence-electron chi connectivity index (χ1n) is 7.42. The van der Waals surface area contributed by atoms with Gasteiger partial charge in [-0.3, -0.25) is 0 Å². The number of hydrogen-bond acceptors (Lipinski definition) is 4. The molecule has 0 bridgehead atoms. The summed E-state index contributed by atoms with van der Waals surface area (Å²) in [7, 11) is -2.98. The normalized spacial score (nSPS) is 11.9. The zero-order valence-electron chi connectivity index (χ0n) is 13.1. The molecule has 0 aliphatic heterocycles. The summed E-state index contributed by atoms with van der Waals surface area (Å²) in [6.07, 6.45) is 1.25. The van der Waals surface area contributed by atoms with E-state index in [1.807, 2.05) is 36.4 Å². The molecule has 0 spiro atoms. The molecule has 2 aromatic carbocycles. The average Bonchev–Trinajstić information content (AvgIpc) is 2.84. The number of sulfone groups is 1. The summed E-state index contributed by atoms with van der Waals surface area (Å²) in [6, 6.07) is 15.7. The second-order valence-corrected chi connectivity index (χ2v) is 9.34. The SMILES string of the molecule is CS(=O)(=O)CCSc1nc2cc(Cl)ccc2n1Cc1ccccc1. The third kappa shape index (κ3) is 4.32. The van der Waals surface area contributed by atoms with Crippen LogP contribution in [0.15, 0.2) is 53.7 Å². The van der Waals surface area contributed by atoms with Gasteiger partial charge in [-0.1, -0.05) is 53.7 Å². The highest BCUT2D eigenvalue weighted by atomic mass is 35.5. The lowest BCUT2D eigenvalue weighted by Gasteiger charge is -2.09. The van der Waals surface area contributed by atoms with Crippen LogP contribution in [0.1, 0.15) is 5.56 Å². The van der Waals surface area contributed by atoms with Crippen LogP contribution >= 0.6 is 23.4 Å². The Morgan fingerprint density at radius 1 is 1.17 bits per heavy atom. The van der Waals surface area contributed by atoms with Gasteiger partial charge >= 0.3 is 0 Å². The number of benzene rings is 2. The molecule has 0 radical (unpaired) electrons. The molecule has 7 heteroatoms. The predicted molar refractivity (Wildman–Crippen MR) is 101 cm³/mol. The zero-order chi connectivity index (χ0) is 17.2. The minimum absolute atomic E-state index is 0.132. The van der Waals surface area contributed by atoms with E-state index >= 15 is 0 Å². The molecule has 4 nitrogen and oxygen atoms in total. The van der Waals surface area contributed by atoms with Gasteiger partial charge < -0.3 is 4.57 Å². The van der Waals surface area contributed by atoms with Gasteiger partial charge in [-0.2, -0.15) is 0 Å². The molecule has 0 fully saturated rings. The summed E-state index contributed by atoms with van der Waals surface area (Å²) in [5.41, 5.74) is 2.97. The predicted octanol–water partition coefficient (Wildman–Crippen LogP) is 3.87. The molecular formula is C17H17ClN2O2S2. The van der Waals surface area contributed by atoms with E-state index in [0.717, 1.165) is 21.8 Å². The molecular weight excluding hydrogens is 364 g/mol. The Labute approximate surface area is 150 Å². The Kier molecular flexibility index (Phi) is 5.18. The maximum absolute atomic E-state index is 11.4. The number of fused-ring (bicyclic) bond motifs is 1. The van der Waals surface area contributed by atoms with E-state index in [-0.39, 0.29) is 5.75 Å². The topological polar surface area (TPSA) is 52.0 Å². The van der Waals surface area contributed by atoms with Crippen molar-refractivity contribution in [2.75, 3.05) is 17.8 Å². The first-order chi connectivity index (χ1) is 11.4. The third-order valence-corrected chi connectivity index (χ3v) is 5.96. The number of imidazole rings is 1. The van der Waals surface area contributed by atoms with Crippen molar-refractivity contribution in [2.45, 2.75) is 11.7 Å². The van der Waals surface area contributed by atoms with Crippen LogP contribution in [0.5, 0.6) is 0 Å². The van der Waals surface area contributed by atoms with Crippen LogP contribution in [-0.4, -0.2) is 35.7 Å². The highest BCUT2D eigenvalue weighted by molar-refractivity contribution is 8.00. The van der Waals surface area contributed by atoms with Gasteiger partial charge in [-0.15, -0.1) is 0 Å². The Hall–Kier alpha value is -1.50. The van der Waals surface area contributed by atoms with E-state index < -0.39 is 9.84 Å². The zero-order valence-corrected chi connectivity index (χ0v) is 15.5. The molecule has 1 heterocycles. The van der Waals surface area contributed by atoms with Crippen LogP contribution in [0.4, 0.5) is 0 Å². The van der Waals surface area contributed by atoms with Crippen molar-refractivity contribution in [3.05, 3.63) is 59.1 Å². The van der Waals surface area contributed by atoms with Gasteiger partial charge in [-0.25, -0.2) is 13.4 Å². The molecule has 0 N–H and O–H groups in total. The maximum atomic E-state index is 11.4. The van der Waals surface area contributed by atoms with Crippen molar-refractivity contribution in [3.63, 3.8) is 0 Å². The van der Waals surface area contributed by atoms with E-state index in [1.54, 1.807) is 0 Å². The van der Waals surface area contributed by atoms with Crippen molar-refractivity contribution in [1.29, 1.82) is 0 Å². The van der Waals surface area contributed by atoms with Crippen LogP contribution in [0.25, 0.3) is 11.0 Å². The lowest BCUT2D eigenvalue weighted by atomic mass is 10.2. The summed E-state index contributed by atoms with van der Waals surface area (Å²) in [5.74, 6) is 0.609. The summed E-state index contributed by atoms with van der Waals surface area (Å²) < 4.78 is 24.8. The standard InChI is InChI=1S/C17H17ClN2O2S2/c1-24(21,22)10-9-23-17-19-15-11-14(18)7-8-16(15)20(17)12-13-5-3-2-4-6-13/h2-8,11H,9-10,12H2,1H3. The maximum Gasteiger partial charge on any atom is 0.169 e. The van der Waals surface area contributed by atoms with E-state index in [2.05, 4.69) is 21.7 Å². The number of halogens is 1. The van der Waals surface area contributed by atoms with Crippen molar-refractivity contribution in [1.82, 2.24) is 9.55 Å².